The summed E-state index contributed by atoms with van der Waals surface area (Å²) in [6, 6.07) is 0. The van der Waals surface area contributed by atoms with Crippen molar-refractivity contribution in [3.63, 3.8) is 0 Å². The van der Waals surface area contributed by atoms with Gasteiger partial charge in [-0.05, 0) is 20.3 Å². The molecule has 112 valence electrons. The summed E-state index contributed by atoms with van der Waals surface area (Å²) in [5.41, 5.74) is -0.126. The summed E-state index contributed by atoms with van der Waals surface area (Å²) < 4.78 is 6.37. The van der Waals surface area contributed by atoms with Crippen LogP contribution in [0.2, 0.25) is 0 Å². The molecule has 2 rings (SSSR count). The molecule has 0 aliphatic heterocycles. The van der Waals surface area contributed by atoms with Gasteiger partial charge in [0, 0.05) is 50.3 Å². The number of aryl methyl sites for hydroxylation is 2. The molecule has 0 unspecified atom stereocenters. The molecule has 0 saturated heterocycles. The molecule has 0 radical (unpaired) electrons. The summed E-state index contributed by atoms with van der Waals surface area (Å²) in [5, 5.41) is 0. The number of allylic oxidation sites excluding steroid dienone is 2. The van der Waals surface area contributed by atoms with Crippen LogP contribution >= 0.6 is 0 Å². The molecule has 6 nitrogen and oxygen atoms in total. The SMILES string of the molecule is C/C=C/n1ccn(CCCn2ccn(/C=C/C)c2=O)c1=O. The highest BCUT2D eigenvalue weighted by Crippen LogP contribution is 1.94. The number of hydrogen-bond acceptors (Lipinski definition) is 2. The molecule has 2 heterocycles. The van der Waals surface area contributed by atoms with Gasteiger partial charge < -0.3 is 0 Å². The van der Waals surface area contributed by atoms with Gasteiger partial charge in [0.25, 0.3) is 0 Å². The van der Waals surface area contributed by atoms with E-state index in [-0.39, 0.29) is 11.4 Å². The van der Waals surface area contributed by atoms with Crippen molar-refractivity contribution >= 4 is 12.4 Å². The van der Waals surface area contributed by atoms with E-state index in [2.05, 4.69) is 0 Å². The Morgan fingerprint density at radius 3 is 1.62 bits per heavy atom. The third-order valence-electron chi connectivity index (χ3n) is 3.16. The fourth-order valence-electron chi connectivity index (χ4n) is 2.16. The van der Waals surface area contributed by atoms with Crippen LogP contribution < -0.4 is 11.4 Å². The predicted octanol–water partition coefficient (Wildman–Crippen LogP) is 1.68. The van der Waals surface area contributed by atoms with Crippen LogP contribution in [0.3, 0.4) is 0 Å². The first-order valence-corrected chi connectivity index (χ1v) is 6.97. The maximum Gasteiger partial charge on any atom is 0.332 e. The number of nitrogens with zero attached hydrogens (tertiary/aromatic N) is 4. The minimum absolute atomic E-state index is 0.0630. The Labute approximate surface area is 122 Å². The van der Waals surface area contributed by atoms with Gasteiger partial charge in [-0.2, -0.15) is 0 Å². The molecule has 0 spiro atoms. The minimum Gasteiger partial charge on any atom is -0.299 e. The summed E-state index contributed by atoms with van der Waals surface area (Å²) in [4.78, 5) is 23.9. The molecule has 0 aliphatic carbocycles. The van der Waals surface area contributed by atoms with Crippen molar-refractivity contribution in [1.82, 2.24) is 18.3 Å². The van der Waals surface area contributed by atoms with Crippen LogP contribution in [0, 0.1) is 0 Å². The van der Waals surface area contributed by atoms with Crippen LogP contribution in [-0.2, 0) is 13.1 Å². The average Bonchev–Trinajstić information content (AvgIpc) is 2.99. The Balaban J connectivity index is 1.99. The smallest absolute Gasteiger partial charge is 0.299 e. The third kappa shape index (κ3) is 3.34. The zero-order valence-corrected chi connectivity index (χ0v) is 12.3. The van der Waals surface area contributed by atoms with E-state index in [0.717, 1.165) is 6.42 Å². The first kappa shape index (κ1) is 14.9. The Hall–Kier alpha value is -2.50. The van der Waals surface area contributed by atoms with Gasteiger partial charge in [0.2, 0.25) is 0 Å². The van der Waals surface area contributed by atoms with Crippen molar-refractivity contribution in [3.05, 3.63) is 57.9 Å². The quantitative estimate of drug-likeness (QED) is 0.812. The lowest BCUT2D eigenvalue weighted by molar-refractivity contribution is 0.541. The average molecular weight is 288 g/mol. The van der Waals surface area contributed by atoms with E-state index in [9.17, 15) is 9.59 Å². The van der Waals surface area contributed by atoms with Gasteiger partial charge in [-0.1, -0.05) is 12.2 Å². The first-order valence-electron chi connectivity index (χ1n) is 6.97. The van der Waals surface area contributed by atoms with E-state index >= 15 is 0 Å². The van der Waals surface area contributed by atoms with Crippen LogP contribution in [0.4, 0.5) is 0 Å². The largest absolute Gasteiger partial charge is 0.332 e. The van der Waals surface area contributed by atoms with E-state index < -0.39 is 0 Å². The topological polar surface area (TPSA) is 53.9 Å². The molecule has 21 heavy (non-hydrogen) atoms. The molecule has 0 bridgehead atoms. The van der Waals surface area contributed by atoms with Crippen LogP contribution in [0.5, 0.6) is 0 Å². The Kier molecular flexibility index (Phi) is 4.81. The highest BCUT2D eigenvalue weighted by atomic mass is 16.2. The lowest BCUT2D eigenvalue weighted by Gasteiger charge is -2.02. The fourth-order valence-corrected chi connectivity index (χ4v) is 2.16. The van der Waals surface area contributed by atoms with E-state index in [1.165, 1.54) is 9.13 Å². The molecule has 6 heteroatoms. The molecule has 2 aromatic heterocycles. The van der Waals surface area contributed by atoms with Crippen LogP contribution in [0.25, 0.3) is 12.4 Å². The molecule has 0 N–H and O–H groups in total. The fraction of sp³-hybridized carbons (Fsp3) is 0.333. The molecule has 0 amide bonds. The van der Waals surface area contributed by atoms with E-state index in [1.54, 1.807) is 46.3 Å². The Morgan fingerprint density at radius 1 is 0.810 bits per heavy atom. The van der Waals surface area contributed by atoms with Crippen LogP contribution in [-0.4, -0.2) is 18.3 Å². The molecule has 0 aliphatic rings. The molecule has 0 saturated carbocycles. The monoisotopic (exact) mass is 288 g/mol. The van der Waals surface area contributed by atoms with Gasteiger partial charge in [-0.15, -0.1) is 0 Å². The van der Waals surface area contributed by atoms with Crippen molar-refractivity contribution in [1.29, 1.82) is 0 Å². The lowest BCUT2D eigenvalue weighted by atomic mass is 10.4. The van der Waals surface area contributed by atoms with Crippen molar-refractivity contribution in [2.75, 3.05) is 0 Å². The second-order valence-electron chi connectivity index (χ2n) is 4.68. The van der Waals surface area contributed by atoms with Gasteiger partial charge in [0.15, 0.2) is 0 Å². The van der Waals surface area contributed by atoms with Gasteiger partial charge in [0.05, 0.1) is 0 Å². The number of aromatic nitrogens is 4. The Morgan fingerprint density at radius 2 is 1.24 bits per heavy atom. The Bertz CT molecular complexity index is 691. The second-order valence-corrected chi connectivity index (χ2v) is 4.68. The van der Waals surface area contributed by atoms with Crippen molar-refractivity contribution in [3.8, 4) is 0 Å². The summed E-state index contributed by atoms with van der Waals surface area (Å²) in [5.74, 6) is 0. The van der Waals surface area contributed by atoms with Crippen molar-refractivity contribution in [2.24, 2.45) is 0 Å². The molecule has 0 atom stereocenters. The van der Waals surface area contributed by atoms with E-state index in [0.29, 0.717) is 13.1 Å². The van der Waals surface area contributed by atoms with Crippen molar-refractivity contribution in [2.45, 2.75) is 33.4 Å². The summed E-state index contributed by atoms with van der Waals surface area (Å²) >= 11 is 0. The highest BCUT2D eigenvalue weighted by Gasteiger charge is 2.03. The zero-order chi connectivity index (χ0) is 15.2. The summed E-state index contributed by atoms with van der Waals surface area (Å²) in [6.45, 7) is 4.91. The lowest BCUT2D eigenvalue weighted by Crippen LogP contribution is -2.24. The van der Waals surface area contributed by atoms with Crippen molar-refractivity contribution < 1.29 is 0 Å². The standard InChI is InChI=1S/C15H20N4O2/c1-3-6-16-10-12-18(14(16)20)8-5-9-19-13-11-17(7-4-2)15(19)21/h3-4,6-7,10-13H,5,8-9H2,1-2H3/b6-3+,7-4+. The zero-order valence-electron chi connectivity index (χ0n) is 12.3. The minimum atomic E-state index is -0.0630. The summed E-state index contributed by atoms with van der Waals surface area (Å²) in [6.07, 6.45) is 14.8. The molecule has 0 aromatic carbocycles. The van der Waals surface area contributed by atoms with Gasteiger partial charge in [0.1, 0.15) is 0 Å². The first-order chi connectivity index (χ1) is 10.2. The number of hydrogen-bond donors (Lipinski definition) is 0. The molecule has 0 fully saturated rings. The van der Waals surface area contributed by atoms with Crippen LogP contribution in [0.15, 0.2) is 46.5 Å². The summed E-state index contributed by atoms with van der Waals surface area (Å²) in [7, 11) is 0. The predicted molar refractivity (Wildman–Crippen MR) is 84.0 cm³/mol. The number of imidazole rings is 2. The maximum atomic E-state index is 12.0. The second kappa shape index (κ2) is 6.78. The highest BCUT2D eigenvalue weighted by molar-refractivity contribution is 5.20. The van der Waals surface area contributed by atoms with Crippen LogP contribution in [0.1, 0.15) is 20.3 Å². The molecular formula is C15H20N4O2. The third-order valence-corrected chi connectivity index (χ3v) is 3.16. The van der Waals surface area contributed by atoms with E-state index in [4.69, 9.17) is 0 Å². The van der Waals surface area contributed by atoms with Gasteiger partial charge >= 0.3 is 11.4 Å². The van der Waals surface area contributed by atoms with Gasteiger partial charge in [-0.3, -0.25) is 18.3 Å². The number of rotatable bonds is 6. The maximum absolute atomic E-state index is 12.0. The van der Waals surface area contributed by atoms with Gasteiger partial charge in [-0.25, -0.2) is 9.59 Å². The molecule has 2 aromatic rings. The normalized spacial score (nSPS) is 11.9. The van der Waals surface area contributed by atoms with E-state index in [1.807, 2.05) is 26.0 Å². The molecular weight excluding hydrogens is 268 g/mol.